The second kappa shape index (κ2) is 10.3. The van der Waals surface area contributed by atoms with Gasteiger partial charge in [-0.15, -0.1) is 0 Å². The molecule has 1 fully saturated rings. The Morgan fingerprint density at radius 2 is 1.74 bits per heavy atom. The molecule has 0 bridgehead atoms. The number of nitrogens with zero attached hydrogens (tertiary/aromatic N) is 4. The maximum Gasteiger partial charge on any atom is 0.409 e. The van der Waals surface area contributed by atoms with Crippen molar-refractivity contribution in [2.45, 2.75) is 11.8 Å². The van der Waals surface area contributed by atoms with Crippen molar-refractivity contribution in [3.8, 4) is 0 Å². The summed E-state index contributed by atoms with van der Waals surface area (Å²) in [6, 6.07) is 9.02. The molecule has 0 saturated carbocycles. The van der Waals surface area contributed by atoms with Crippen molar-refractivity contribution in [1.29, 1.82) is 0 Å². The van der Waals surface area contributed by atoms with E-state index in [1.54, 1.807) is 30.7 Å². The Morgan fingerprint density at radius 1 is 1.09 bits per heavy atom. The van der Waals surface area contributed by atoms with Crippen LogP contribution < -0.4 is 4.80 Å². The standard InChI is InChI=1S/C22H22Cl2N4O5S2/c1-3-33-22(30)27-8-10-28(11-9-27)35(31,32)16-6-4-14(5-7-16)20(29)25-21-26(2)19-17(24)12-15(23)13-18(19)34-21/h4-7,12-13H,3,8-11H2,1-2H3. The maximum atomic E-state index is 13.0. The normalized spacial score (nSPS) is 15.5. The van der Waals surface area contributed by atoms with Gasteiger partial charge in [-0.3, -0.25) is 4.79 Å². The summed E-state index contributed by atoms with van der Waals surface area (Å²) in [5.74, 6) is -0.513. The van der Waals surface area contributed by atoms with Crippen molar-refractivity contribution < 1.29 is 22.7 Å². The number of thiazole rings is 1. The Balaban J connectivity index is 1.52. The summed E-state index contributed by atoms with van der Waals surface area (Å²) in [7, 11) is -2.02. The molecule has 13 heteroatoms. The lowest BCUT2D eigenvalue weighted by molar-refractivity contribution is 0.0933. The maximum absolute atomic E-state index is 13.0. The van der Waals surface area contributed by atoms with E-state index in [0.717, 1.165) is 10.2 Å². The molecule has 4 rings (SSSR count). The molecule has 35 heavy (non-hydrogen) atoms. The molecule has 0 N–H and O–H groups in total. The summed E-state index contributed by atoms with van der Waals surface area (Å²) in [4.78, 5) is 30.8. The number of aryl methyl sites for hydroxylation is 1. The molecule has 1 aliphatic heterocycles. The van der Waals surface area contributed by atoms with E-state index in [1.165, 1.54) is 44.8 Å². The van der Waals surface area contributed by atoms with Crippen LogP contribution in [-0.2, 0) is 21.8 Å². The van der Waals surface area contributed by atoms with Gasteiger partial charge >= 0.3 is 6.09 Å². The zero-order chi connectivity index (χ0) is 25.3. The first-order valence-electron chi connectivity index (χ1n) is 10.7. The molecule has 0 unspecified atom stereocenters. The van der Waals surface area contributed by atoms with Gasteiger partial charge < -0.3 is 14.2 Å². The zero-order valence-corrected chi connectivity index (χ0v) is 22.0. The molecule has 2 heterocycles. The fraction of sp³-hybridized carbons (Fsp3) is 0.318. The van der Waals surface area contributed by atoms with Gasteiger partial charge in [0.25, 0.3) is 5.91 Å². The summed E-state index contributed by atoms with van der Waals surface area (Å²) in [5.41, 5.74) is 0.967. The minimum Gasteiger partial charge on any atom is -0.450 e. The Kier molecular flexibility index (Phi) is 7.53. The smallest absolute Gasteiger partial charge is 0.409 e. The van der Waals surface area contributed by atoms with E-state index in [4.69, 9.17) is 27.9 Å². The van der Waals surface area contributed by atoms with Crippen LogP contribution in [0.3, 0.4) is 0 Å². The molecule has 2 amide bonds. The molecule has 1 aromatic heterocycles. The topological polar surface area (TPSA) is 101 Å². The number of hydrogen-bond acceptors (Lipinski definition) is 6. The van der Waals surface area contributed by atoms with E-state index in [2.05, 4.69) is 4.99 Å². The molecule has 1 saturated heterocycles. The largest absolute Gasteiger partial charge is 0.450 e. The van der Waals surface area contributed by atoms with Crippen LogP contribution in [-0.4, -0.2) is 67.0 Å². The highest BCUT2D eigenvalue weighted by Gasteiger charge is 2.30. The first-order chi connectivity index (χ1) is 16.6. The minimum atomic E-state index is -3.77. The van der Waals surface area contributed by atoms with Crippen molar-refractivity contribution >= 4 is 66.8 Å². The van der Waals surface area contributed by atoms with E-state index in [0.29, 0.717) is 14.8 Å². The first-order valence-corrected chi connectivity index (χ1v) is 13.7. The first kappa shape index (κ1) is 25.6. The molecule has 0 aliphatic carbocycles. The van der Waals surface area contributed by atoms with Crippen LogP contribution in [0.25, 0.3) is 10.2 Å². The third-order valence-corrected chi connectivity index (χ3v) is 9.02. The number of aromatic nitrogens is 1. The van der Waals surface area contributed by atoms with Gasteiger partial charge in [0.05, 0.1) is 26.7 Å². The minimum absolute atomic E-state index is 0.0625. The average Bonchev–Trinajstić information content (AvgIpc) is 3.14. The molecule has 0 atom stereocenters. The number of halogens is 2. The molecule has 1 aliphatic rings. The van der Waals surface area contributed by atoms with Gasteiger partial charge in [-0.1, -0.05) is 34.5 Å². The van der Waals surface area contributed by atoms with Gasteiger partial charge in [0.2, 0.25) is 10.0 Å². The summed E-state index contributed by atoms with van der Waals surface area (Å²) in [6.45, 7) is 2.79. The fourth-order valence-corrected chi connectivity index (χ4v) is 6.95. The lowest BCUT2D eigenvalue weighted by Gasteiger charge is -2.33. The second-order valence-electron chi connectivity index (χ2n) is 7.71. The van der Waals surface area contributed by atoms with Crippen molar-refractivity contribution in [2.24, 2.45) is 12.0 Å². The van der Waals surface area contributed by atoms with Crippen LogP contribution in [0.2, 0.25) is 10.0 Å². The summed E-state index contributed by atoms with van der Waals surface area (Å²) < 4.78 is 34.8. The molecule has 3 aromatic rings. The monoisotopic (exact) mass is 556 g/mol. The predicted octanol–water partition coefficient (Wildman–Crippen LogP) is 3.75. The zero-order valence-electron chi connectivity index (χ0n) is 18.9. The highest BCUT2D eigenvalue weighted by Crippen LogP contribution is 2.29. The SMILES string of the molecule is CCOC(=O)N1CCN(S(=O)(=O)c2ccc(C(=O)N=c3sc4cc(Cl)cc(Cl)c4n3C)cc2)CC1. The number of ether oxygens (including phenoxy) is 1. The van der Waals surface area contributed by atoms with Crippen molar-refractivity contribution in [2.75, 3.05) is 32.8 Å². The van der Waals surface area contributed by atoms with Gasteiger partial charge in [-0.2, -0.15) is 9.30 Å². The van der Waals surface area contributed by atoms with Gasteiger partial charge in [-0.25, -0.2) is 13.2 Å². The van der Waals surface area contributed by atoms with Crippen molar-refractivity contribution in [3.63, 3.8) is 0 Å². The van der Waals surface area contributed by atoms with E-state index in [1.807, 2.05) is 0 Å². The predicted molar refractivity (Wildman–Crippen MR) is 135 cm³/mol. The van der Waals surface area contributed by atoms with Crippen LogP contribution >= 0.6 is 34.5 Å². The molecule has 0 radical (unpaired) electrons. The lowest BCUT2D eigenvalue weighted by Crippen LogP contribution is -2.50. The van der Waals surface area contributed by atoms with Crippen LogP contribution in [0.5, 0.6) is 0 Å². The van der Waals surface area contributed by atoms with Crippen LogP contribution in [0, 0.1) is 0 Å². The third-order valence-electron chi connectivity index (χ3n) is 5.52. The highest BCUT2D eigenvalue weighted by molar-refractivity contribution is 7.89. The van der Waals surface area contributed by atoms with Crippen molar-refractivity contribution in [3.05, 3.63) is 56.8 Å². The lowest BCUT2D eigenvalue weighted by atomic mass is 10.2. The van der Waals surface area contributed by atoms with E-state index >= 15 is 0 Å². The second-order valence-corrected chi connectivity index (χ2v) is 11.5. The molecular formula is C22H22Cl2N4O5S2. The van der Waals surface area contributed by atoms with Crippen LogP contribution in [0.4, 0.5) is 4.79 Å². The number of amides is 2. The van der Waals surface area contributed by atoms with E-state index in [-0.39, 0.29) is 43.2 Å². The third kappa shape index (κ3) is 5.24. The number of rotatable bonds is 4. The number of carbonyl (C=O) groups is 2. The van der Waals surface area contributed by atoms with Crippen LogP contribution in [0.15, 0.2) is 46.3 Å². The fourth-order valence-electron chi connectivity index (χ4n) is 3.70. The molecule has 2 aromatic carbocycles. The Hall–Kier alpha value is -2.44. The Morgan fingerprint density at radius 3 is 2.37 bits per heavy atom. The molecule has 9 nitrogen and oxygen atoms in total. The Labute approximate surface area is 216 Å². The quantitative estimate of drug-likeness (QED) is 0.487. The number of sulfonamides is 1. The molecule has 0 spiro atoms. The van der Waals surface area contributed by atoms with Gasteiger partial charge in [0.15, 0.2) is 4.80 Å². The Bertz CT molecular complexity index is 1460. The highest BCUT2D eigenvalue weighted by atomic mass is 35.5. The van der Waals surface area contributed by atoms with E-state index < -0.39 is 22.0 Å². The number of hydrogen-bond donors (Lipinski definition) is 0. The van der Waals surface area contributed by atoms with Crippen molar-refractivity contribution in [1.82, 2.24) is 13.8 Å². The van der Waals surface area contributed by atoms with Gasteiger partial charge in [0.1, 0.15) is 0 Å². The van der Waals surface area contributed by atoms with Crippen LogP contribution in [0.1, 0.15) is 17.3 Å². The molecular weight excluding hydrogens is 535 g/mol. The number of benzene rings is 2. The summed E-state index contributed by atoms with van der Waals surface area (Å²) in [6.07, 6.45) is -0.450. The van der Waals surface area contributed by atoms with Gasteiger partial charge in [-0.05, 0) is 43.3 Å². The summed E-state index contributed by atoms with van der Waals surface area (Å²) >= 11 is 13.6. The molecule has 186 valence electrons. The average molecular weight is 557 g/mol. The number of piperazine rings is 1. The number of fused-ring (bicyclic) bond motifs is 1. The van der Waals surface area contributed by atoms with E-state index in [9.17, 15) is 18.0 Å². The summed E-state index contributed by atoms with van der Waals surface area (Å²) in [5, 5.41) is 0.944. The number of carbonyl (C=O) groups excluding carboxylic acids is 2. The van der Waals surface area contributed by atoms with Gasteiger partial charge in [0, 0.05) is 43.8 Å².